The van der Waals surface area contributed by atoms with Crippen molar-refractivity contribution in [3.05, 3.63) is 29.0 Å². The number of amides is 1. The summed E-state index contributed by atoms with van der Waals surface area (Å²) in [6, 6.07) is 4.63. The lowest BCUT2D eigenvalue weighted by Crippen LogP contribution is -2.51. The molecule has 1 saturated carbocycles. The molecule has 0 bridgehead atoms. The van der Waals surface area contributed by atoms with Gasteiger partial charge in [0.25, 0.3) is 0 Å². The number of methoxy groups -OCH3 is 1. The number of thiophene rings is 1. The monoisotopic (exact) mass is 660 g/mol. The number of anilines is 1. The number of aromatic nitrogens is 2. The molecule has 3 aliphatic heterocycles. The number of nitriles is 1. The van der Waals surface area contributed by atoms with E-state index < -0.39 is 12.6 Å². The van der Waals surface area contributed by atoms with Crippen LogP contribution < -0.4 is 5.32 Å². The van der Waals surface area contributed by atoms with Gasteiger partial charge in [-0.05, 0) is 49.7 Å². The maximum absolute atomic E-state index is 12.9. The third-order valence-corrected chi connectivity index (χ3v) is 11.5. The fourth-order valence-corrected chi connectivity index (χ4v) is 8.88. The van der Waals surface area contributed by atoms with Crippen LogP contribution in [0.5, 0.6) is 0 Å². The lowest BCUT2D eigenvalue weighted by Gasteiger charge is -2.44. The van der Waals surface area contributed by atoms with E-state index in [1.165, 1.54) is 13.4 Å². The molecule has 46 heavy (non-hydrogen) atoms. The predicted molar refractivity (Wildman–Crippen MR) is 170 cm³/mol. The van der Waals surface area contributed by atoms with Gasteiger partial charge in [0.15, 0.2) is 0 Å². The molecule has 4 atom stereocenters. The minimum atomic E-state index is -4.25. The topological polar surface area (TPSA) is 101 Å². The number of fused-ring (bicyclic) bond motifs is 2. The molecule has 2 aromatic heterocycles. The molecule has 2 aromatic rings. The highest BCUT2D eigenvalue weighted by atomic mass is 32.1. The molecule has 4 unspecified atom stereocenters. The van der Waals surface area contributed by atoms with Gasteiger partial charge in [-0.1, -0.05) is 6.92 Å². The number of ether oxygens (including phenoxy) is 1. The lowest BCUT2D eigenvalue weighted by molar-refractivity contribution is -0.126. The molecule has 1 N–H and O–H groups in total. The van der Waals surface area contributed by atoms with Gasteiger partial charge in [0, 0.05) is 81.8 Å². The summed E-state index contributed by atoms with van der Waals surface area (Å²) in [6.07, 6.45) is 2.29. The number of hydrogen-bond acceptors (Lipinski definition) is 10. The minimum absolute atomic E-state index is 0.210. The van der Waals surface area contributed by atoms with Gasteiger partial charge in [0.1, 0.15) is 28.7 Å². The first-order valence-electron chi connectivity index (χ1n) is 16.3. The molecule has 4 aliphatic rings. The van der Waals surface area contributed by atoms with Crippen molar-refractivity contribution in [3.63, 3.8) is 0 Å². The van der Waals surface area contributed by atoms with E-state index in [0.717, 1.165) is 88.5 Å². The second kappa shape index (κ2) is 13.9. The van der Waals surface area contributed by atoms with Crippen molar-refractivity contribution in [1.82, 2.24) is 29.6 Å². The van der Waals surface area contributed by atoms with Gasteiger partial charge >= 0.3 is 12.3 Å². The summed E-state index contributed by atoms with van der Waals surface area (Å²) in [7, 11) is 1.42. The van der Waals surface area contributed by atoms with Crippen molar-refractivity contribution >= 4 is 33.5 Å². The number of likely N-dealkylation sites (tertiary alicyclic amines) is 1. The van der Waals surface area contributed by atoms with E-state index in [2.05, 4.69) is 49.1 Å². The maximum atomic E-state index is 12.9. The van der Waals surface area contributed by atoms with E-state index in [0.29, 0.717) is 52.9 Å². The lowest BCUT2D eigenvalue weighted by atomic mass is 9.70. The number of carbonyl (C=O) groups excluding carboxylic acids is 1. The van der Waals surface area contributed by atoms with Crippen molar-refractivity contribution in [1.29, 1.82) is 5.26 Å². The molecule has 3 fully saturated rings. The molecular weight excluding hydrogens is 617 g/mol. The van der Waals surface area contributed by atoms with Crippen LogP contribution in [0.4, 0.5) is 23.8 Å². The quantitative estimate of drug-likeness (QED) is 0.428. The summed E-state index contributed by atoms with van der Waals surface area (Å²) < 4.78 is 43.7. The molecule has 0 aromatic carbocycles. The van der Waals surface area contributed by atoms with Crippen LogP contribution in [0.15, 0.2) is 24.2 Å². The maximum Gasteiger partial charge on any atom is 0.409 e. The Bertz CT molecular complexity index is 1440. The van der Waals surface area contributed by atoms with Gasteiger partial charge in [-0.2, -0.15) is 18.4 Å². The Morgan fingerprint density at radius 2 is 1.85 bits per heavy atom. The predicted octanol–water partition coefficient (Wildman–Crippen LogP) is 4.81. The molecule has 14 heteroatoms. The Labute approximate surface area is 272 Å². The first-order valence-corrected chi connectivity index (χ1v) is 17.2. The minimum Gasteiger partial charge on any atom is -0.453 e. The highest BCUT2D eigenvalue weighted by Crippen LogP contribution is 2.44. The normalized spacial score (nSPS) is 26.6. The van der Waals surface area contributed by atoms with Gasteiger partial charge in [0.2, 0.25) is 0 Å². The Hall–Kier alpha value is -3.15. The van der Waals surface area contributed by atoms with Gasteiger partial charge in [-0.15, -0.1) is 11.3 Å². The number of carbonyl (C=O) groups is 1. The number of allylic oxidation sites excluding steroid dienone is 1. The van der Waals surface area contributed by atoms with Gasteiger partial charge in [-0.3, -0.25) is 4.90 Å². The zero-order valence-electron chi connectivity index (χ0n) is 26.5. The van der Waals surface area contributed by atoms with Crippen molar-refractivity contribution in [3.8, 4) is 6.07 Å². The van der Waals surface area contributed by atoms with Crippen LogP contribution in [0.3, 0.4) is 0 Å². The molecule has 1 amide bonds. The summed E-state index contributed by atoms with van der Waals surface area (Å²) in [5.74, 6) is 2.03. The molecule has 1 aliphatic carbocycles. The van der Waals surface area contributed by atoms with Crippen molar-refractivity contribution in [2.45, 2.75) is 57.3 Å². The fraction of sp³-hybridized carbons (Fsp3) is 0.688. The zero-order valence-corrected chi connectivity index (χ0v) is 27.3. The number of piperazine rings is 1. The molecule has 250 valence electrons. The van der Waals surface area contributed by atoms with Crippen LogP contribution in [0, 0.1) is 29.1 Å². The Morgan fingerprint density at radius 1 is 1.09 bits per heavy atom. The first kappa shape index (κ1) is 32.8. The number of nitrogens with one attached hydrogen (secondary N) is 1. The van der Waals surface area contributed by atoms with E-state index in [1.54, 1.807) is 11.0 Å². The standard InChI is InChI=1S/C32H43F3N8O2S/c1-21-22(3-4-28-26(21)15-24(18-36)43(28)14-11-40-9-12-42(13-10-40)31(44)45-2)19-41-7-5-23(6-8-41)39-29-27-16-25(17-32(33,34)35)46-30(27)38-20-37-29/h15-16,20-23,26,28H,3-14,17,19H2,1-2H3,(H,37,38,39). The number of piperidine rings is 1. The van der Waals surface area contributed by atoms with Crippen LogP contribution in [0.25, 0.3) is 10.2 Å². The van der Waals surface area contributed by atoms with Crippen LogP contribution in [0.2, 0.25) is 0 Å². The van der Waals surface area contributed by atoms with Crippen molar-refractivity contribution < 1.29 is 22.7 Å². The van der Waals surface area contributed by atoms with Crippen molar-refractivity contribution in [2.24, 2.45) is 17.8 Å². The summed E-state index contributed by atoms with van der Waals surface area (Å²) in [6.45, 7) is 9.96. The van der Waals surface area contributed by atoms with E-state index in [1.807, 2.05) is 0 Å². The summed E-state index contributed by atoms with van der Waals surface area (Å²) >= 11 is 1.08. The molecule has 5 heterocycles. The highest BCUT2D eigenvalue weighted by molar-refractivity contribution is 7.18. The fourth-order valence-electron chi connectivity index (χ4n) is 7.86. The third kappa shape index (κ3) is 7.37. The number of nitrogens with zero attached hydrogens (tertiary/aromatic N) is 7. The summed E-state index contributed by atoms with van der Waals surface area (Å²) in [4.78, 5) is 30.2. The highest BCUT2D eigenvalue weighted by Gasteiger charge is 2.44. The van der Waals surface area contributed by atoms with Gasteiger partial charge in [0.05, 0.1) is 18.9 Å². The van der Waals surface area contributed by atoms with Gasteiger partial charge in [-0.25, -0.2) is 14.8 Å². The second-order valence-corrected chi connectivity index (χ2v) is 14.3. The number of rotatable bonds is 8. The smallest absolute Gasteiger partial charge is 0.409 e. The third-order valence-electron chi connectivity index (χ3n) is 10.4. The van der Waals surface area contributed by atoms with Gasteiger partial charge < -0.3 is 24.8 Å². The molecule has 6 rings (SSSR count). The van der Waals surface area contributed by atoms with Crippen LogP contribution in [0.1, 0.15) is 37.5 Å². The molecule has 0 radical (unpaired) electrons. The number of alkyl halides is 3. The zero-order chi connectivity index (χ0) is 32.4. The number of halogens is 3. The Balaban J connectivity index is 0.979. The van der Waals surface area contributed by atoms with E-state index >= 15 is 0 Å². The van der Waals surface area contributed by atoms with Crippen LogP contribution in [-0.4, -0.2) is 120 Å². The summed E-state index contributed by atoms with van der Waals surface area (Å²) in [5, 5.41) is 14.2. The number of hydrogen-bond donors (Lipinski definition) is 1. The Morgan fingerprint density at radius 3 is 2.54 bits per heavy atom. The average Bonchev–Trinajstić information content (AvgIpc) is 3.62. The van der Waals surface area contributed by atoms with E-state index in [4.69, 9.17) is 4.74 Å². The average molecular weight is 661 g/mol. The van der Waals surface area contributed by atoms with Crippen LogP contribution in [-0.2, 0) is 11.2 Å². The van der Waals surface area contributed by atoms with Crippen LogP contribution >= 0.6 is 11.3 Å². The van der Waals surface area contributed by atoms with E-state index in [-0.39, 0.29) is 17.0 Å². The Kier molecular flexibility index (Phi) is 9.91. The first-order chi connectivity index (χ1) is 22.1. The molecule has 2 saturated heterocycles. The van der Waals surface area contributed by atoms with Crippen molar-refractivity contribution in [2.75, 3.05) is 71.3 Å². The molecule has 10 nitrogen and oxygen atoms in total. The SMILES string of the molecule is COC(=O)N1CCN(CCN2C(C#N)=CC3C(C)C(CN4CCC(Nc5ncnc6sc(CC(F)(F)F)cc56)CC4)CCC32)CC1. The molecular formula is C32H43F3N8O2S. The summed E-state index contributed by atoms with van der Waals surface area (Å²) in [5.41, 5.74) is 0.803. The largest absolute Gasteiger partial charge is 0.453 e. The molecule has 0 spiro atoms. The van der Waals surface area contributed by atoms with E-state index in [9.17, 15) is 23.2 Å². The second-order valence-electron chi connectivity index (χ2n) is 13.2.